The third-order valence-corrected chi connectivity index (χ3v) is 4.66. The summed E-state index contributed by atoms with van der Waals surface area (Å²) in [6.07, 6.45) is 2.09. The number of nitrogens with one attached hydrogen (secondary N) is 1. The molecule has 2 rings (SSSR count). The van der Waals surface area contributed by atoms with E-state index in [1.165, 1.54) is 4.88 Å². The number of nitrogens with zero attached hydrogens (tertiary/aromatic N) is 1. The molecule has 2 N–H and O–H groups in total. The van der Waals surface area contributed by atoms with Crippen LogP contribution in [-0.4, -0.2) is 41.8 Å². The van der Waals surface area contributed by atoms with Gasteiger partial charge in [0.1, 0.15) is 0 Å². The van der Waals surface area contributed by atoms with Crippen LogP contribution in [0.3, 0.4) is 0 Å². The maximum absolute atomic E-state index is 9.65. The van der Waals surface area contributed by atoms with E-state index in [1.807, 2.05) is 0 Å². The van der Waals surface area contributed by atoms with Crippen LogP contribution in [-0.2, 0) is 6.54 Å². The molecular weight excluding hydrogens is 232 g/mol. The Balaban J connectivity index is 1.87. The van der Waals surface area contributed by atoms with Crippen molar-refractivity contribution in [3.05, 3.63) is 22.4 Å². The molecule has 0 aromatic carbocycles. The van der Waals surface area contributed by atoms with Gasteiger partial charge in [0.25, 0.3) is 0 Å². The first-order valence-electron chi connectivity index (χ1n) is 6.38. The molecule has 1 aromatic heterocycles. The zero-order chi connectivity index (χ0) is 12.1. The van der Waals surface area contributed by atoms with E-state index < -0.39 is 0 Å². The lowest BCUT2D eigenvalue weighted by Gasteiger charge is -2.41. The molecular formula is C13H22N2OS. The number of rotatable bonds is 5. The Morgan fingerprint density at radius 1 is 1.47 bits per heavy atom. The van der Waals surface area contributed by atoms with Crippen LogP contribution in [0.1, 0.15) is 24.6 Å². The van der Waals surface area contributed by atoms with Gasteiger partial charge in [-0.1, -0.05) is 13.0 Å². The number of piperidine rings is 1. The molecule has 3 nitrogen and oxygen atoms in total. The van der Waals surface area contributed by atoms with Crippen LogP contribution in [0.25, 0.3) is 0 Å². The second-order valence-corrected chi connectivity index (χ2v) is 5.84. The van der Waals surface area contributed by atoms with Gasteiger partial charge in [-0.15, -0.1) is 11.3 Å². The Morgan fingerprint density at radius 3 is 2.76 bits per heavy atom. The Kier molecular flexibility index (Phi) is 4.56. The van der Waals surface area contributed by atoms with Crippen molar-refractivity contribution < 1.29 is 5.11 Å². The van der Waals surface area contributed by atoms with Gasteiger partial charge in [0.05, 0.1) is 6.61 Å². The minimum Gasteiger partial charge on any atom is -0.394 e. The fourth-order valence-electron chi connectivity index (χ4n) is 2.38. The second kappa shape index (κ2) is 5.96. The summed E-state index contributed by atoms with van der Waals surface area (Å²) in [7, 11) is 0. The number of hydrogen-bond donors (Lipinski definition) is 2. The predicted octanol–water partition coefficient (Wildman–Crippen LogP) is 1.68. The van der Waals surface area contributed by atoms with E-state index >= 15 is 0 Å². The average Bonchev–Trinajstić information content (AvgIpc) is 2.90. The van der Waals surface area contributed by atoms with Gasteiger partial charge in [0.15, 0.2) is 0 Å². The van der Waals surface area contributed by atoms with Gasteiger partial charge in [-0.3, -0.25) is 0 Å². The lowest BCUT2D eigenvalue weighted by molar-refractivity contribution is 0.0799. The molecule has 1 aliphatic rings. The van der Waals surface area contributed by atoms with Gasteiger partial charge in [0, 0.05) is 17.0 Å². The van der Waals surface area contributed by atoms with Crippen LogP contribution in [0, 0.1) is 0 Å². The van der Waals surface area contributed by atoms with Gasteiger partial charge in [-0.2, -0.15) is 0 Å². The molecule has 2 heterocycles. The largest absolute Gasteiger partial charge is 0.394 e. The molecule has 96 valence electrons. The summed E-state index contributed by atoms with van der Waals surface area (Å²) in [6, 6.07) is 4.22. The normalized spacial score (nSPS) is 20.6. The molecule has 0 aliphatic carbocycles. The van der Waals surface area contributed by atoms with Gasteiger partial charge in [-0.05, 0) is 43.9 Å². The lowest BCUT2D eigenvalue weighted by Crippen LogP contribution is -2.55. The molecule has 1 aliphatic heterocycles. The molecule has 0 spiro atoms. The number of aliphatic hydroxyl groups excluding tert-OH is 1. The minimum atomic E-state index is -0.0599. The first-order chi connectivity index (χ1) is 8.28. The molecule has 0 saturated carbocycles. The highest BCUT2D eigenvalue weighted by molar-refractivity contribution is 7.09. The molecule has 1 saturated heterocycles. The summed E-state index contributed by atoms with van der Waals surface area (Å²) in [5.74, 6) is 0. The highest BCUT2D eigenvalue weighted by atomic mass is 32.1. The Hall–Kier alpha value is -0.420. The van der Waals surface area contributed by atoms with Crippen molar-refractivity contribution in [1.82, 2.24) is 10.2 Å². The van der Waals surface area contributed by atoms with Crippen molar-refractivity contribution in [3.8, 4) is 0 Å². The molecule has 0 amide bonds. The minimum absolute atomic E-state index is 0.0599. The Morgan fingerprint density at radius 2 is 2.24 bits per heavy atom. The van der Waals surface area contributed by atoms with Crippen LogP contribution in [0.4, 0.5) is 0 Å². The van der Waals surface area contributed by atoms with Crippen LogP contribution < -0.4 is 5.32 Å². The van der Waals surface area contributed by atoms with E-state index in [1.54, 1.807) is 11.3 Å². The standard InChI is InChI=1S/C13H22N2OS/c1-2-15-7-5-13(11-16,6-8-15)14-10-12-4-3-9-17-12/h3-4,9,14,16H,2,5-8,10-11H2,1H3. The molecule has 0 atom stereocenters. The quantitative estimate of drug-likeness (QED) is 0.839. The third kappa shape index (κ3) is 3.28. The van der Waals surface area contributed by atoms with Crippen LogP contribution in [0.2, 0.25) is 0 Å². The summed E-state index contributed by atoms with van der Waals surface area (Å²) >= 11 is 1.77. The SMILES string of the molecule is CCN1CCC(CO)(NCc2cccs2)CC1. The van der Waals surface area contributed by atoms with Crippen molar-refractivity contribution in [2.75, 3.05) is 26.2 Å². The Bertz CT molecular complexity index is 318. The van der Waals surface area contributed by atoms with Gasteiger partial charge in [-0.25, -0.2) is 0 Å². The van der Waals surface area contributed by atoms with E-state index in [9.17, 15) is 5.11 Å². The van der Waals surface area contributed by atoms with Crippen molar-refractivity contribution in [1.29, 1.82) is 0 Å². The topological polar surface area (TPSA) is 35.5 Å². The maximum atomic E-state index is 9.65. The summed E-state index contributed by atoms with van der Waals surface area (Å²) in [5, 5.41) is 15.3. The molecule has 0 unspecified atom stereocenters. The highest BCUT2D eigenvalue weighted by Gasteiger charge is 2.32. The third-order valence-electron chi connectivity index (χ3n) is 3.78. The molecule has 4 heteroatoms. The van der Waals surface area contributed by atoms with E-state index in [-0.39, 0.29) is 12.1 Å². The van der Waals surface area contributed by atoms with Crippen LogP contribution in [0.5, 0.6) is 0 Å². The Labute approximate surface area is 107 Å². The number of thiophene rings is 1. The van der Waals surface area contributed by atoms with E-state index in [2.05, 4.69) is 34.7 Å². The summed E-state index contributed by atoms with van der Waals surface area (Å²) in [6.45, 7) is 6.63. The highest BCUT2D eigenvalue weighted by Crippen LogP contribution is 2.22. The predicted molar refractivity (Wildman–Crippen MR) is 72.3 cm³/mol. The first-order valence-corrected chi connectivity index (χ1v) is 7.26. The number of likely N-dealkylation sites (tertiary alicyclic amines) is 1. The fourth-order valence-corrected chi connectivity index (χ4v) is 3.02. The van der Waals surface area contributed by atoms with Gasteiger partial charge in [0.2, 0.25) is 0 Å². The van der Waals surface area contributed by atoms with Crippen LogP contribution in [0.15, 0.2) is 17.5 Å². The smallest absolute Gasteiger partial charge is 0.0614 e. The maximum Gasteiger partial charge on any atom is 0.0614 e. The number of aliphatic hydroxyl groups is 1. The van der Waals surface area contributed by atoms with E-state index in [0.29, 0.717) is 0 Å². The summed E-state index contributed by atoms with van der Waals surface area (Å²) < 4.78 is 0. The molecule has 17 heavy (non-hydrogen) atoms. The fraction of sp³-hybridized carbons (Fsp3) is 0.692. The second-order valence-electron chi connectivity index (χ2n) is 4.81. The van der Waals surface area contributed by atoms with E-state index in [0.717, 1.165) is 39.0 Å². The van der Waals surface area contributed by atoms with Crippen LogP contribution >= 0.6 is 11.3 Å². The summed E-state index contributed by atoms with van der Waals surface area (Å²) in [5.41, 5.74) is -0.0599. The van der Waals surface area contributed by atoms with E-state index in [4.69, 9.17) is 0 Å². The average molecular weight is 254 g/mol. The van der Waals surface area contributed by atoms with Crippen molar-refractivity contribution >= 4 is 11.3 Å². The van der Waals surface area contributed by atoms with Gasteiger partial charge >= 0.3 is 0 Å². The molecule has 1 aromatic rings. The first kappa shape index (κ1) is 13.0. The molecule has 0 radical (unpaired) electrons. The zero-order valence-electron chi connectivity index (χ0n) is 10.5. The lowest BCUT2D eigenvalue weighted by atomic mass is 9.88. The monoisotopic (exact) mass is 254 g/mol. The van der Waals surface area contributed by atoms with Crippen molar-refractivity contribution in [3.63, 3.8) is 0 Å². The number of hydrogen-bond acceptors (Lipinski definition) is 4. The van der Waals surface area contributed by atoms with Gasteiger partial charge < -0.3 is 15.3 Å². The molecule has 1 fully saturated rings. The van der Waals surface area contributed by atoms with Crippen molar-refractivity contribution in [2.24, 2.45) is 0 Å². The summed E-state index contributed by atoms with van der Waals surface area (Å²) in [4.78, 5) is 3.79. The van der Waals surface area contributed by atoms with Crippen molar-refractivity contribution in [2.45, 2.75) is 31.8 Å². The zero-order valence-corrected chi connectivity index (χ0v) is 11.3. The molecule has 0 bridgehead atoms.